The maximum Gasteiger partial charge on any atom is 0.119 e. The molecule has 0 radical (unpaired) electrons. The normalized spacial score (nSPS) is 10.5. The fraction of sp³-hybridized carbons (Fsp3) is 0.429. The third-order valence-corrected chi connectivity index (χ3v) is 2.94. The Bertz CT molecular complexity index is 510. The van der Waals surface area contributed by atoms with Crippen molar-refractivity contribution in [1.29, 1.82) is 0 Å². The Morgan fingerprint density at radius 2 is 1.95 bits per heavy atom. The van der Waals surface area contributed by atoms with Gasteiger partial charge in [0.15, 0.2) is 0 Å². The summed E-state index contributed by atoms with van der Waals surface area (Å²) in [4.78, 5) is 0. The average molecular weight is 276 g/mol. The van der Waals surface area contributed by atoms with Gasteiger partial charge in [-0.3, -0.25) is 0 Å². The highest BCUT2D eigenvalue weighted by molar-refractivity contribution is 5.31. The van der Waals surface area contributed by atoms with E-state index >= 15 is 0 Å². The van der Waals surface area contributed by atoms with Crippen LogP contribution in [0.5, 0.6) is 11.5 Å². The lowest BCUT2D eigenvalue weighted by atomic mass is 10.3. The van der Waals surface area contributed by atoms with Crippen LogP contribution in [0.4, 0.5) is 0 Å². The highest BCUT2D eigenvalue weighted by atomic mass is 16.5. The van der Waals surface area contributed by atoms with Gasteiger partial charge in [0.05, 0.1) is 25.6 Å². The van der Waals surface area contributed by atoms with Crippen molar-refractivity contribution in [2.75, 3.05) is 20.3 Å². The Morgan fingerprint density at radius 3 is 2.65 bits per heavy atom. The molecule has 108 valence electrons. The molecule has 0 aliphatic heterocycles. The summed E-state index contributed by atoms with van der Waals surface area (Å²) in [5.74, 6) is 1.66. The minimum absolute atomic E-state index is 0.607. The number of benzene rings is 1. The van der Waals surface area contributed by atoms with Crippen molar-refractivity contribution < 1.29 is 9.47 Å². The van der Waals surface area contributed by atoms with Crippen LogP contribution < -0.4 is 15.2 Å². The van der Waals surface area contributed by atoms with Crippen LogP contribution in [0.25, 0.3) is 0 Å². The Balaban J connectivity index is 1.74. The molecule has 2 rings (SSSR count). The maximum absolute atomic E-state index is 5.66. The van der Waals surface area contributed by atoms with E-state index in [0.717, 1.165) is 36.6 Å². The van der Waals surface area contributed by atoms with Crippen molar-refractivity contribution in [3.8, 4) is 11.5 Å². The number of ether oxygens (including phenoxy) is 2. The largest absolute Gasteiger partial charge is 0.497 e. The molecule has 1 aromatic carbocycles. The Morgan fingerprint density at radius 1 is 1.20 bits per heavy atom. The van der Waals surface area contributed by atoms with E-state index < -0.39 is 0 Å². The smallest absolute Gasteiger partial charge is 0.119 e. The molecule has 2 N–H and O–H groups in total. The summed E-state index contributed by atoms with van der Waals surface area (Å²) >= 11 is 0. The maximum atomic E-state index is 5.66. The quantitative estimate of drug-likeness (QED) is 0.735. The highest BCUT2D eigenvalue weighted by Crippen LogP contribution is 2.17. The fourth-order valence-electron chi connectivity index (χ4n) is 1.88. The Hall–Kier alpha value is -2.08. The van der Waals surface area contributed by atoms with Gasteiger partial charge in [0.1, 0.15) is 11.5 Å². The van der Waals surface area contributed by atoms with Crippen LogP contribution in [-0.2, 0) is 13.0 Å². The van der Waals surface area contributed by atoms with Crippen LogP contribution >= 0.6 is 0 Å². The second-order valence-electron chi connectivity index (χ2n) is 4.36. The summed E-state index contributed by atoms with van der Waals surface area (Å²) in [6, 6.07) is 7.56. The van der Waals surface area contributed by atoms with Crippen molar-refractivity contribution in [3.05, 3.63) is 36.2 Å². The molecule has 0 atom stereocenters. The molecule has 0 bridgehead atoms. The third-order valence-electron chi connectivity index (χ3n) is 2.94. The predicted molar refractivity (Wildman–Crippen MR) is 75.9 cm³/mol. The van der Waals surface area contributed by atoms with Crippen molar-refractivity contribution >= 4 is 0 Å². The minimum Gasteiger partial charge on any atom is -0.497 e. The van der Waals surface area contributed by atoms with Crippen molar-refractivity contribution in [3.63, 3.8) is 0 Å². The van der Waals surface area contributed by atoms with E-state index in [2.05, 4.69) is 10.3 Å². The number of rotatable bonds is 8. The van der Waals surface area contributed by atoms with Crippen molar-refractivity contribution in [2.24, 2.45) is 5.73 Å². The van der Waals surface area contributed by atoms with E-state index in [1.807, 2.05) is 28.9 Å². The summed E-state index contributed by atoms with van der Waals surface area (Å²) in [6.45, 7) is 2.02. The number of nitrogens with zero attached hydrogens (tertiary/aromatic N) is 3. The van der Waals surface area contributed by atoms with Gasteiger partial charge >= 0.3 is 0 Å². The number of hydrogen-bond acceptors (Lipinski definition) is 5. The first-order valence-electron chi connectivity index (χ1n) is 6.68. The van der Waals surface area contributed by atoms with E-state index in [9.17, 15) is 0 Å². The molecule has 0 aliphatic rings. The number of methoxy groups -OCH3 is 1. The predicted octanol–water partition coefficient (Wildman–Crippen LogP) is 1.26. The van der Waals surface area contributed by atoms with Crippen LogP contribution in [0, 0.1) is 0 Å². The summed E-state index contributed by atoms with van der Waals surface area (Å²) in [5.41, 5.74) is 6.61. The summed E-state index contributed by atoms with van der Waals surface area (Å²) < 4.78 is 12.6. The standard InChI is InChI=1S/C14H20N4O2/c1-19-13-3-5-14(6-4-13)20-10-2-9-18-12(7-8-15)11-16-17-18/h3-6,11H,2,7-10,15H2,1H3. The SMILES string of the molecule is COc1ccc(OCCCn2nncc2CCN)cc1. The van der Waals surface area contributed by atoms with Gasteiger partial charge < -0.3 is 15.2 Å². The molecule has 0 amide bonds. The van der Waals surface area contributed by atoms with Gasteiger partial charge in [0.25, 0.3) is 0 Å². The summed E-state index contributed by atoms with van der Waals surface area (Å²) in [6.07, 6.45) is 3.43. The lowest BCUT2D eigenvalue weighted by molar-refractivity contribution is 0.296. The van der Waals surface area contributed by atoms with Gasteiger partial charge in [-0.05, 0) is 30.8 Å². The third kappa shape index (κ3) is 3.96. The first-order valence-corrected chi connectivity index (χ1v) is 6.68. The fourth-order valence-corrected chi connectivity index (χ4v) is 1.88. The molecule has 1 aromatic heterocycles. The van der Waals surface area contributed by atoms with Crippen LogP contribution in [0.3, 0.4) is 0 Å². The minimum atomic E-state index is 0.607. The molecule has 6 heteroatoms. The zero-order valence-electron chi connectivity index (χ0n) is 11.7. The molecule has 6 nitrogen and oxygen atoms in total. The zero-order chi connectivity index (χ0) is 14.2. The van der Waals surface area contributed by atoms with Gasteiger partial charge in [-0.15, -0.1) is 5.10 Å². The molecular formula is C14H20N4O2. The van der Waals surface area contributed by atoms with Gasteiger partial charge in [-0.2, -0.15) is 0 Å². The molecule has 0 fully saturated rings. The van der Waals surface area contributed by atoms with Crippen LogP contribution in [0.1, 0.15) is 12.1 Å². The van der Waals surface area contributed by atoms with Crippen LogP contribution in [-0.4, -0.2) is 35.3 Å². The summed E-state index contributed by atoms with van der Waals surface area (Å²) in [5, 5.41) is 7.94. The van der Waals surface area contributed by atoms with Gasteiger partial charge in [0, 0.05) is 19.4 Å². The Kier molecular flexibility index (Phi) is 5.37. The molecule has 0 saturated carbocycles. The molecular weight excluding hydrogens is 256 g/mol. The monoisotopic (exact) mass is 276 g/mol. The van der Waals surface area contributed by atoms with E-state index in [4.69, 9.17) is 15.2 Å². The van der Waals surface area contributed by atoms with E-state index in [-0.39, 0.29) is 0 Å². The van der Waals surface area contributed by atoms with E-state index in [0.29, 0.717) is 13.2 Å². The van der Waals surface area contributed by atoms with Crippen molar-refractivity contribution in [2.45, 2.75) is 19.4 Å². The average Bonchev–Trinajstić information content (AvgIpc) is 2.92. The van der Waals surface area contributed by atoms with Gasteiger partial charge in [-0.1, -0.05) is 5.21 Å². The van der Waals surface area contributed by atoms with Crippen molar-refractivity contribution in [1.82, 2.24) is 15.0 Å². The molecule has 2 aromatic rings. The Labute approximate surface area is 118 Å². The second-order valence-corrected chi connectivity index (χ2v) is 4.36. The molecule has 0 spiro atoms. The lowest BCUT2D eigenvalue weighted by Gasteiger charge is -2.08. The lowest BCUT2D eigenvalue weighted by Crippen LogP contribution is -2.12. The molecule has 0 unspecified atom stereocenters. The number of aromatic nitrogens is 3. The molecule has 1 heterocycles. The van der Waals surface area contributed by atoms with Crippen LogP contribution in [0.2, 0.25) is 0 Å². The topological polar surface area (TPSA) is 75.2 Å². The second kappa shape index (κ2) is 7.49. The molecule has 0 aliphatic carbocycles. The van der Waals surface area contributed by atoms with E-state index in [1.54, 1.807) is 13.3 Å². The number of hydrogen-bond donors (Lipinski definition) is 1. The van der Waals surface area contributed by atoms with Gasteiger partial charge in [-0.25, -0.2) is 4.68 Å². The number of nitrogens with two attached hydrogens (primary N) is 1. The highest BCUT2D eigenvalue weighted by Gasteiger charge is 2.02. The molecule has 20 heavy (non-hydrogen) atoms. The summed E-state index contributed by atoms with van der Waals surface area (Å²) in [7, 11) is 1.65. The first kappa shape index (κ1) is 14.3. The van der Waals surface area contributed by atoms with Crippen LogP contribution in [0.15, 0.2) is 30.5 Å². The van der Waals surface area contributed by atoms with E-state index in [1.165, 1.54) is 0 Å². The van der Waals surface area contributed by atoms with Gasteiger partial charge in [0.2, 0.25) is 0 Å². The number of aryl methyl sites for hydroxylation is 1. The first-order chi connectivity index (χ1) is 9.83. The zero-order valence-corrected chi connectivity index (χ0v) is 11.7. The molecule has 0 saturated heterocycles.